The lowest BCUT2D eigenvalue weighted by Gasteiger charge is -2.35. The van der Waals surface area contributed by atoms with Crippen molar-refractivity contribution in [3.63, 3.8) is 0 Å². The molecule has 0 radical (unpaired) electrons. The van der Waals surface area contributed by atoms with Gasteiger partial charge in [-0.25, -0.2) is 5.84 Å². The lowest BCUT2D eigenvalue weighted by molar-refractivity contribution is 0.249. The lowest BCUT2D eigenvalue weighted by Crippen LogP contribution is -2.45. The number of aryl methyl sites for hydroxylation is 1. The van der Waals surface area contributed by atoms with Crippen LogP contribution >= 0.6 is 11.3 Å². The van der Waals surface area contributed by atoms with Crippen molar-refractivity contribution in [3.05, 3.63) is 34.8 Å². The van der Waals surface area contributed by atoms with Gasteiger partial charge < -0.3 is 4.90 Å². The predicted molar refractivity (Wildman–Crippen MR) is 86.4 cm³/mol. The smallest absolute Gasteiger partial charge is 0.219 e. The Balaban J connectivity index is 1.55. The van der Waals surface area contributed by atoms with Gasteiger partial charge in [0.1, 0.15) is 5.01 Å². The molecule has 21 heavy (non-hydrogen) atoms. The molecule has 0 aliphatic carbocycles. The molecular weight excluding hydrogens is 284 g/mol. The number of nitrogens with zero attached hydrogens (tertiary/aromatic N) is 4. The first-order valence-electron chi connectivity index (χ1n) is 7.07. The fourth-order valence-corrected chi connectivity index (χ4v) is 3.25. The number of aromatic nitrogens is 2. The summed E-state index contributed by atoms with van der Waals surface area (Å²) in [6.45, 7) is 7.16. The summed E-state index contributed by atoms with van der Waals surface area (Å²) in [7, 11) is 0. The van der Waals surface area contributed by atoms with Gasteiger partial charge in [0.2, 0.25) is 5.13 Å². The van der Waals surface area contributed by atoms with Crippen LogP contribution in [0.3, 0.4) is 0 Å². The summed E-state index contributed by atoms with van der Waals surface area (Å²) in [4.78, 5) is 4.85. The van der Waals surface area contributed by atoms with E-state index in [1.807, 2.05) is 0 Å². The van der Waals surface area contributed by atoms with Crippen molar-refractivity contribution in [2.24, 2.45) is 5.84 Å². The van der Waals surface area contributed by atoms with Crippen molar-refractivity contribution in [2.45, 2.75) is 13.5 Å². The van der Waals surface area contributed by atoms with Gasteiger partial charge in [0.15, 0.2) is 0 Å². The minimum Gasteiger partial charge on any atom is -0.369 e. The van der Waals surface area contributed by atoms with E-state index in [2.05, 4.69) is 56.6 Å². The number of nitrogen functional groups attached to an aromatic ring is 1. The summed E-state index contributed by atoms with van der Waals surface area (Å²) in [5, 5.41) is 9.78. The average molecular weight is 304 g/mol. The monoisotopic (exact) mass is 304 g/mol. The van der Waals surface area contributed by atoms with E-state index in [0.717, 1.165) is 37.7 Å². The summed E-state index contributed by atoms with van der Waals surface area (Å²) in [6.07, 6.45) is 0. The van der Waals surface area contributed by atoms with Gasteiger partial charge in [0, 0.05) is 31.9 Å². The molecule has 0 unspecified atom stereocenters. The van der Waals surface area contributed by atoms with Crippen LogP contribution in [0.5, 0.6) is 0 Å². The molecule has 1 aliphatic heterocycles. The zero-order valence-electron chi connectivity index (χ0n) is 12.1. The molecule has 0 spiro atoms. The Kier molecular flexibility index (Phi) is 4.33. The van der Waals surface area contributed by atoms with E-state index < -0.39 is 0 Å². The minimum absolute atomic E-state index is 0.670. The van der Waals surface area contributed by atoms with Crippen molar-refractivity contribution in [1.29, 1.82) is 0 Å². The van der Waals surface area contributed by atoms with Crippen LogP contribution in [0.4, 0.5) is 10.8 Å². The molecule has 1 saturated heterocycles. The fourth-order valence-electron chi connectivity index (χ4n) is 2.56. The summed E-state index contributed by atoms with van der Waals surface area (Å²) in [5.74, 6) is 5.33. The Bertz CT molecular complexity index is 591. The third-order valence-electron chi connectivity index (χ3n) is 3.69. The normalized spacial score (nSPS) is 16.2. The highest BCUT2D eigenvalue weighted by Gasteiger charge is 2.18. The Labute approximate surface area is 128 Å². The molecule has 1 aliphatic rings. The van der Waals surface area contributed by atoms with Crippen molar-refractivity contribution in [1.82, 2.24) is 15.1 Å². The van der Waals surface area contributed by atoms with Crippen molar-refractivity contribution >= 4 is 22.2 Å². The molecule has 3 rings (SSSR count). The van der Waals surface area contributed by atoms with Gasteiger partial charge in [-0.3, -0.25) is 10.3 Å². The molecule has 2 heterocycles. The Hall–Kier alpha value is -1.70. The van der Waals surface area contributed by atoms with Crippen LogP contribution in [-0.4, -0.2) is 41.3 Å². The molecule has 1 aromatic heterocycles. The summed E-state index contributed by atoms with van der Waals surface area (Å²) >= 11 is 1.51. The number of hydrogen-bond donors (Lipinski definition) is 2. The van der Waals surface area contributed by atoms with E-state index >= 15 is 0 Å². The van der Waals surface area contributed by atoms with E-state index in [-0.39, 0.29) is 0 Å². The van der Waals surface area contributed by atoms with Gasteiger partial charge >= 0.3 is 0 Å². The molecule has 3 N–H and O–H groups in total. The first-order valence-corrected chi connectivity index (χ1v) is 7.89. The summed E-state index contributed by atoms with van der Waals surface area (Å²) in [6, 6.07) is 8.70. The first-order chi connectivity index (χ1) is 10.2. The molecule has 0 atom stereocenters. The van der Waals surface area contributed by atoms with E-state index in [0.29, 0.717) is 5.13 Å². The maximum Gasteiger partial charge on any atom is 0.219 e. The lowest BCUT2D eigenvalue weighted by atomic mass is 10.2. The van der Waals surface area contributed by atoms with Crippen LogP contribution in [0.25, 0.3) is 0 Å². The Morgan fingerprint density at radius 2 is 2.05 bits per heavy atom. The average Bonchev–Trinajstić information content (AvgIpc) is 2.96. The standard InChI is InChI=1S/C14H20N6S/c1-11-3-2-4-12(9-11)20-7-5-19(6-8-20)10-13-17-18-14(16-15)21-13/h2-4,9H,5-8,10,15H2,1H3,(H,16,18). The van der Waals surface area contributed by atoms with Crippen LogP contribution in [0.1, 0.15) is 10.6 Å². The van der Waals surface area contributed by atoms with Crippen LogP contribution in [0.2, 0.25) is 0 Å². The van der Waals surface area contributed by atoms with E-state index in [1.54, 1.807) is 0 Å². The SMILES string of the molecule is Cc1cccc(N2CCN(Cc3nnc(NN)s3)CC2)c1. The maximum atomic E-state index is 5.33. The van der Waals surface area contributed by atoms with Crippen LogP contribution in [0, 0.1) is 6.92 Å². The third-order valence-corrected chi connectivity index (χ3v) is 4.53. The van der Waals surface area contributed by atoms with Crippen LogP contribution in [-0.2, 0) is 6.54 Å². The molecule has 0 saturated carbocycles. The molecule has 7 heteroatoms. The number of hydrogen-bond acceptors (Lipinski definition) is 7. The largest absolute Gasteiger partial charge is 0.369 e. The summed E-state index contributed by atoms with van der Waals surface area (Å²) in [5.41, 5.74) is 5.17. The number of benzene rings is 1. The van der Waals surface area contributed by atoms with E-state index in [9.17, 15) is 0 Å². The highest BCUT2D eigenvalue weighted by molar-refractivity contribution is 7.15. The van der Waals surface area contributed by atoms with Gasteiger partial charge in [0.25, 0.3) is 0 Å². The highest BCUT2D eigenvalue weighted by Crippen LogP contribution is 2.20. The zero-order chi connectivity index (χ0) is 14.7. The second-order valence-electron chi connectivity index (χ2n) is 5.25. The Morgan fingerprint density at radius 1 is 1.24 bits per heavy atom. The molecule has 2 aromatic rings. The Morgan fingerprint density at radius 3 is 2.71 bits per heavy atom. The molecule has 1 fully saturated rings. The molecule has 0 amide bonds. The van der Waals surface area contributed by atoms with Gasteiger partial charge in [-0.05, 0) is 24.6 Å². The fraction of sp³-hybridized carbons (Fsp3) is 0.429. The number of nitrogens with one attached hydrogen (secondary N) is 1. The molecule has 112 valence electrons. The zero-order valence-corrected chi connectivity index (χ0v) is 12.9. The number of piperazine rings is 1. The maximum absolute atomic E-state index is 5.33. The van der Waals surface area contributed by atoms with E-state index in [4.69, 9.17) is 5.84 Å². The van der Waals surface area contributed by atoms with Gasteiger partial charge in [-0.2, -0.15) is 0 Å². The summed E-state index contributed by atoms with van der Waals surface area (Å²) < 4.78 is 0. The number of hydrazine groups is 1. The molecule has 6 nitrogen and oxygen atoms in total. The third kappa shape index (κ3) is 3.49. The van der Waals surface area contributed by atoms with Crippen molar-refractivity contribution < 1.29 is 0 Å². The van der Waals surface area contributed by atoms with Crippen molar-refractivity contribution in [2.75, 3.05) is 36.5 Å². The number of anilines is 2. The second-order valence-corrected chi connectivity index (χ2v) is 6.31. The van der Waals surface area contributed by atoms with E-state index in [1.165, 1.54) is 22.6 Å². The number of rotatable bonds is 4. The van der Waals surface area contributed by atoms with Gasteiger partial charge in [-0.1, -0.05) is 23.5 Å². The van der Waals surface area contributed by atoms with Gasteiger partial charge in [0.05, 0.1) is 6.54 Å². The molecular formula is C14H20N6S. The van der Waals surface area contributed by atoms with Crippen LogP contribution in [0.15, 0.2) is 24.3 Å². The predicted octanol–water partition coefficient (Wildman–Crippen LogP) is 1.45. The topological polar surface area (TPSA) is 70.3 Å². The highest BCUT2D eigenvalue weighted by atomic mass is 32.1. The minimum atomic E-state index is 0.670. The van der Waals surface area contributed by atoms with Crippen molar-refractivity contribution in [3.8, 4) is 0 Å². The van der Waals surface area contributed by atoms with Crippen LogP contribution < -0.4 is 16.2 Å². The second kappa shape index (κ2) is 6.38. The first kappa shape index (κ1) is 14.2. The number of nitrogens with two attached hydrogens (primary N) is 1. The molecule has 0 bridgehead atoms. The van der Waals surface area contributed by atoms with Gasteiger partial charge in [-0.15, -0.1) is 10.2 Å². The quantitative estimate of drug-likeness (QED) is 0.658. The molecule has 1 aromatic carbocycles.